The summed E-state index contributed by atoms with van der Waals surface area (Å²) in [4.78, 5) is 184. The highest BCUT2D eigenvalue weighted by atomic mass is 35.5. The summed E-state index contributed by atoms with van der Waals surface area (Å²) in [7, 11) is 1.18. The largest absolute Gasteiger partial charge is 0.508 e. The standard InChI is InChI=1S/C72H95ClN14O14.C2H4O2/c1-41(2)32-54(64(93)80-53(17-10-11-30-77-42(3)4)72(101)87-31-13-18-60(87)69(98)78-43(5)63(75)92)81-68(97)58(38-62(74)91)84-70(99)61(37-46-22-27-52(90)28-23-46)86(7)71(100)59(40-88)85-67(96)57(36-48-14-12-29-76-39-48)83-66(95)56(34-45-20-25-51(73)26-21-45)82-65(94)55(79-44(6)89)35-47-19-24-49-15-8-9-16-50(49)33-47;1-2(3)4/h8-9,12,14-16,19-29,33,39,41-43,53-61,77,88,90H,10-11,13,17-18,30-32,34-38,40H2,1-7H3,(H2,74,91)(H2,75,92)(H,78,98)(H,79,89)(H,80,93)(H,81,97)(H,82,94)(H,83,95)(H,84,99)(H,85,96);1H3,(H,3,4). The number of carbonyl (C=O) groups excluding carboxylic acids is 12. The number of phenols is 1. The van der Waals surface area contributed by atoms with Gasteiger partial charge in [-0.3, -0.25) is 67.3 Å². The minimum Gasteiger partial charge on any atom is -0.508 e. The number of carboxylic acid groups (broad SMARTS) is 1. The van der Waals surface area contributed by atoms with Gasteiger partial charge in [0.05, 0.1) is 13.0 Å². The van der Waals surface area contributed by atoms with Gasteiger partial charge in [0.2, 0.25) is 70.9 Å². The van der Waals surface area contributed by atoms with E-state index in [4.69, 9.17) is 33.0 Å². The number of carboxylic acids is 1. The van der Waals surface area contributed by atoms with E-state index in [1.54, 1.807) is 50.2 Å². The quantitative estimate of drug-likeness (QED) is 0.0247. The fourth-order valence-electron chi connectivity index (χ4n) is 11.7. The number of aliphatic hydroxyl groups excluding tert-OH is 1. The van der Waals surface area contributed by atoms with Crippen LogP contribution in [0.1, 0.15) is 116 Å². The number of fused-ring (bicyclic) bond motifs is 1. The SMILES string of the molecule is CC(=O)NC(Cc1ccc2ccccc2c1)C(=O)NC(Cc1ccc(Cl)cc1)C(=O)NC(Cc1cccnc1)C(=O)NC(CO)C(=O)N(C)C(Cc1ccc(O)cc1)C(=O)NC(CC(N)=O)C(=O)NC(CC(C)C)C(=O)NC(CCCCNC(C)C)C(=O)N1CCCC1C(=O)NC(C)C(N)=O.CC(=O)O. The fraction of sp³-hybridized carbons (Fsp3) is 0.459. The number of unbranched alkanes of at least 4 members (excludes halogenated alkanes) is 1. The number of carbonyl (C=O) groups is 13. The van der Waals surface area contributed by atoms with Crippen molar-refractivity contribution in [3.8, 4) is 5.75 Å². The van der Waals surface area contributed by atoms with Gasteiger partial charge in [-0.25, -0.2) is 0 Å². The molecule has 1 saturated heterocycles. The molecule has 10 atom stereocenters. The van der Waals surface area contributed by atoms with Crippen molar-refractivity contribution in [1.82, 2.24) is 62.6 Å². The number of aliphatic carboxylic acids is 1. The Kier molecular flexibility index (Phi) is 34.2. The van der Waals surface area contributed by atoms with Crippen LogP contribution in [0.3, 0.4) is 0 Å². The van der Waals surface area contributed by atoms with Gasteiger partial charge in [0, 0.05) is 76.6 Å². The van der Waals surface area contributed by atoms with Crippen molar-refractivity contribution in [3.05, 3.63) is 143 Å². The van der Waals surface area contributed by atoms with E-state index in [9.17, 15) is 67.7 Å². The first-order valence-electron chi connectivity index (χ1n) is 34.7. The van der Waals surface area contributed by atoms with Crippen LogP contribution in [0.4, 0.5) is 0 Å². The molecule has 0 saturated carbocycles. The summed E-state index contributed by atoms with van der Waals surface area (Å²) in [6.45, 7) is 10.9. The summed E-state index contributed by atoms with van der Waals surface area (Å²) >= 11 is 6.23. The van der Waals surface area contributed by atoms with Crippen molar-refractivity contribution in [2.45, 2.75) is 186 Å². The van der Waals surface area contributed by atoms with E-state index in [0.717, 1.165) is 22.6 Å². The highest BCUT2D eigenvalue weighted by Gasteiger charge is 2.41. The zero-order valence-corrected chi connectivity index (χ0v) is 61.1. The number of phenolic OH excluding ortho intramolecular Hbond substituents is 1. The number of benzene rings is 4. The Morgan fingerprint density at radius 3 is 1.70 bits per heavy atom. The predicted molar refractivity (Wildman–Crippen MR) is 390 cm³/mol. The number of nitrogens with one attached hydrogen (secondary N) is 9. The number of pyridine rings is 1. The van der Waals surface area contributed by atoms with Gasteiger partial charge in [0.15, 0.2) is 0 Å². The fourth-order valence-corrected chi connectivity index (χ4v) is 11.8. The molecule has 1 aliphatic rings. The molecule has 30 nitrogen and oxygen atoms in total. The van der Waals surface area contributed by atoms with Gasteiger partial charge < -0.3 is 84.4 Å². The van der Waals surface area contributed by atoms with Crippen molar-refractivity contribution in [2.75, 3.05) is 26.7 Å². The van der Waals surface area contributed by atoms with Gasteiger partial charge in [-0.1, -0.05) is 112 Å². The number of hydrogen-bond acceptors (Lipinski definition) is 17. The molecule has 16 N–H and O–H groups in total. The number of aromatic nitrogens is 1. The van der Waals surface area contributed by atoms with Gasteiger partial charge >= 0.3 is 0 Å². The Hall–Kier alpha value is -10.6. The molecule has 0 aliphatic carbocycles. The molecule has 0 bridgehead atoms. The van der Waals surface area contributed by atoms with Crippen LogP contribution in [0, 0.1) is 5.92 Å². The highest BCUT2D eigenvalue weighted by molar-refractivity contribution is 6.30. The second kappa shape index (κ2) is 42.2. The Bertz CT molecular complexity index is 3810. The Morgan fingerprint density at radius 1 is 0.600 bits per heavy atom. The third kappa shape index (κ3) is 28.5. The molecule has 10 unspecified atom stereocenters. The molecular weight excluding hydrogens is 1380 g/mol. The van der Waals surface area contributed by atoms with E-state index in [-0.39, 0.29) is 69.2 Å². The second-order valence-corrected chi connectivity index (χ2v) is 27.1. The Labute approximate surface area is 615 Å². The minimum atomic E-state index is -1.85. The summed E-state index contributed by atoms with van der Waals surface area (Å²) in [5.74, 6) is -11.4. The zero-order valence-electron chi connectivity index (χ0n) is 60.3. The molecule has 1 aromatic heterocycles. The van der Waals surface area contributed by atoms with Crippen LogP contribution in [-0.2, 0) is 88.0 Å². The molecule has 105 heavy (non-hydrogen) atoms. The number of aliphatic hydroxyl groups is 1. The number of likely N-dealkylation sites (tertiary alicyclic amines) is 1. The first kappa shape index (κ1) is 85.1. The van der Waals surface area contributed by atoms with E-state index in [2.05, 4.69) is 52.8 Å². The summed E-state index contributed by atoms with van der Waals surface area (Å²) in [5, 5.41) is 55.3. The molecule has 4 aromatic carbocycles. The number of halogens is 1. The highest BCUT2D eigenvalue weighted by Crippen LogP contribution is 2.23. The maximum atomic E-state index is 14.9. The predicted octanol–water partition coefficient (Wildman–Crippen LogP) is 1.26. The number of amides is 12. The lowest BCUT2D eigenvalue weighted by atomic mass is 9.99. The molecule has 0 spiro atoms. The van der Waals surface area contributed by atoms with Crippen LogP contribution in [0.25, 0.3) is 10.8 Å². The van der Waals surface area contributed by atoms with Crippen molar-refractivity contribution < 1.29 is 77.6 Å². The van der Waals surface area contributed by atoms with Gasteiger partial charge in [0.25, 0.3) is 5.97 Å². The van der Waals surface area contributed by atoms with E-state index in [1.807, 2.05) is 56.3 Å². The van der Waals surface area contributed by atoms with Crippen LogP contribution in [-0.4, -0.2) is 200 Å². The number of nitrogens with two attached hydrogens (primary N) is 2. The smallest absolute Gasteiger partial charge is 0.300 e. The molecule has 568 valence electrons. The molecule has 31 heteroatoms. The first-order chi connectivity index (χ1) is 49.7. The summed E-state index contributed by atoms with van der Waals surface area (Å²) in [5.41, 5.74) is 13.1. The lowest BCUT2D eigenvalue weighted by Gasteiger charge is -2.32. The maximum absolute atomic E-state index is 14.9. The molecule has 2 heterocycles. The van der Waals surface area contributed by atoms with E-state index in [1.165, 1.54) is 62.5 Å². The van der Waals surface area contributed by atoms with Crippen molar-refractivity contribution >= 4 is 99.2 Å². The van der Waals surface area contributed by atoms with Gasteiger partial charge in [-0.2, -0.15) is 0 Å². The summed E-state index contributed by atoms with van der Waals surface area (Å²) in [6, 6.07) is 14.5. The van der Waals surface area contributed by atoms with Crippen LogP contribution in [0.5, 0.6) is 5.75 Å². The van der Waals surface area contributed by atoms with E-state index >= 15 is 0 Å². The third-order valence-corrected chi connectivity index (χ3v) is 17.4. The number of aromatic hydroxyl groups is 1. The summed E-state index contributed by atoms with van der Waals surface area (Å²) < 4.78 is 0. The van der Waals surface area contributed by atoms with Crippen LogP contribution >= 0.6 is 11.6 Å². The number of hydrogen-bond donors (Lipinski definition) is 14. The first-order valence-corrected chi connectivity index (χ1v) is 35.1. The third-order valence-electron chi connectivity index (χ3n) is 17.1. The molecule has 0 radical (unpaired) electrons. The van der Waals surface area contributed by atoms with E-state index in [0.29, 0.717) is 53.1 Å². The van der Waals surface area contributed by atoms with Crippen LogP contribution in [0.15, 0.2) is 116 Å². The van der Waals surface area contributed by atoms with Crippen molar-refractivity contribution in [3.63, 3.8) is 0 Å². The second-order valence-electron chi connectivity index (χ2n) is 26.7. The zero-order chi connectivity index (χ0) is 77.6. The summed E-state index contributed by atoms with van der Waals surface area (Å²) in [6.07, 6.45) is 3.23. The average molecular weight is 1480 g/mol. The minimum absolute atomic E-state index is 0.0240. The van der Waals surface area contributed by atoms with Crippen molar-refractivity contribution in [2.24, 2.45) is 17.4 Å². The van der Waals surface area contributed by atoms with Crippen molar-refractivity contribution in [1.29, 1.82) is 0 Å². The lowest BCUT2D eigenvalue weighted by Crippen LogP contribution is -2.62. The molecular formula is C74H99ClN14O16. The number of likely N-dealkylation sites (N-methyl/N-ethyl adjacent to an activating group) is 1. The normalized spacial score (nSPS) is 15.1. The monoisotopic (exact) mass is 1470 g/mol. The van der Waals surface area contributed by atoms with Gasteiger partial charge in [-0.05, 0) is 121 Å². The molecule has 1 fully saturated rings. The van der Waals surface area contributed by atoms with Gasteiger partial charge in [0.1, 0.15) is 66.2 Å². The van der Waals surface area contributed by atoms with Crippen LogP contribution < -0.4 is 59.3 Å². The van der Waals surface area contributed by atoms with Gasteiger partial charge in [-0.15, -0.1) is 0 Å². The average Bonchev–Trinajstić information content (AvgIpc) is 1.82. The molecule has 12 amide bonds. The molecule has 5 aromatic rings. The maximum Gasteiger partial charge on any atom is 0.300 e. The topological polar surface area (TPSA) is 462 Å². The number of rotatable bonds is 38. The number of primary amides is 2. The Balaban J connectivity index is 0.00000482. The Morgan fingerprint density at radius 2 is 1.12 bits per heavy atom. The van der Waals surface area contributed by atoms with Crippen LogP contribution in [0.2, 0.25) is 5.02 Å². The van der Waals surface area contributed by atoms with E-state index < -0.39 is 150 Å². The molecule has 1 aliphatic heterocycles. The number of nitrogens with zero attached hydrogens (tertiary/aromatic N) is 3. The lowest BCUT2D eigenvalue weighted by molar-refractivity contribution is -0.144. The molecule has 6 rings (SSSR count).